The van der Waals surface area contributed by atoms with Crippen LogP contribution in [0.25, 0.3) is 10.7 Å². The number of aromatic nitrogens is 3. The summed E-state index contributed by atoms with van der Waals surface area (Å²) < 4.78 is 12.5. The average molecular weight is 474 g/mol. The number of benzene rings is 2. The van der Waals surface area contributed by atoms with Gasteiger partial charge in [-0.05, 0) is 48.2 Å². The van der Waals surface area contributed by atoms with Gasteiger partial charge >= 0.3 is 0 Å². The highest BCUT2D eigenvalue weighted by molar-refractivity contribution is 7.13. The quantitative estimate of drug-likeness (QED) is 0.412. The summed E-state index contributed by atoms with van der Waals surface area (Å²) in [6.45, 7) is 1.87. The Hall–Kier alpha value is -4.11. The zero-order valence-electron chi connectivity index (χ0n) is 18.9. The summed E-state index contributed by atoms with van der Waals surface area (Å²) in [5.74, 6) is 2.25. The molecule has 4 aromatic rings. The van der Waals surface area contributed by atoms with Crippen LogP contribution in [-0.2, 0) is 4.79 Å². The summed E-state index contributed by atoms with van der Waals surface area (Å²) in [5, 5.41) is 13.0. The smallest absolute Gasteiger partial charge is 0.255 e. The largest absolute Gasteiger partial charge is 0.497 e. The minimum Gasteiger partial charge on any atom is -0.497 e. The summed E-state index contributed by atoms with van der Waals surface area (Å²) in [6.07, 6.45) is 0. The Morgan fingerprint density at radius 2 is 1.85 bits per heavy atom. The number of para-hydroxylation sites is 2. The maximum absolute atomic E-state index is 13.6. The first-order valence-corrected chi connectivity index (χ1v) is 11.5. The first-order valence-electron chi connectivity index (χ1n) is 10.7. The lowest BCUT2D eigenvalue weighted by molar-refractivity contribution is -0.113. The number of ether oxygens (including phenoxy) is 2. The van der Waals surface area contributed by atoms with E-state index in [1.165, 1.54) is 0 Å². The van der Waals surface area contributed by atoms with Crippen molar-refractivity contribution in [1.82, 2.24) is 14.8 Å². The number of nitrogens with one attached hydrogen (secondary N) is 2. The lowest BCUT2D eigenvalue weighted by atomic mass is 9.95. The second-order valence-corrected chi connectivity index (χ2v) is 8.62. The highest BCUT2D eigenvalue weighted by Gasteiger charge is 2.34. The predicted octanol–water partition coefficient (Wildman–Crippen LogP) is 4.95. The molecule has 9 heteroatoms. The second-order valence-electron chi connectivity index (χ2n) is 7.67. The minimum absolute atomic E-state index is 0.255. The van der Waals surface area contributed by atoms with Crippen molar-refractivity contribution in [3.63, 3.8) is 0 Å². The number of fused-ring (bicyclic) bond motifs is 1. The van der Waals surface area contributed by atoms with Crippen LogP contribution in [0.3, 0.4) is 0 Å². The Morgan fingerprint density at radius 1 is 1.06 bits per heavy atom. The minimum atomic E-state index is -0.488. The number of anilines is 2. The lowest BCUT2D eigenvalue weighted by Crippen LogP contribution is -2.31. The number of carbonyl (C=O) groups excluding carboxylic acids is 1. The topological polar surface area (TPSA) is 90.3 Å². The summed E-state index contributed by atoms with van der Waals surface area (Å²) in [5.41, 5.74) is 2.71. The zero-order valence-corrected chi connectivity index (χ0v) is 19.7. The maximum atomic E-state index is 13.6. The maximum Gasteiger partial charge on any atom is 0.255 e. The van der Waals surface area contributed by atoms with Gasteiger partial charge in [0.15, 0.2) is 5.82 Å². The zero-order chi connectivity index (χ0) is 23.7. The monoisotopic (exact) mass is 473 g/mol. The molecule has 0 spiro atoms. The van der Waals surface area contributed by atoms with Crippen molar-refractivity contribution >= 4 is 28.9 Å². The molecule has 2 aromatic heterocycles. The SMILES string of the molecule is COc1ccc([C@H]2C(C(=O)Nc3ccccc3OC)=C(C)Nc3nc(-c4cccs4)nn32)cc1. The van der Waals surface area contributed by atoms with Gasteiger partial charge in [0.25, 0.3) is 5.91 Å². The van der Waals surface area contributed by atoms with Crippen molar-refractivity contribution in [1.29, 1.82) is 0 Å². The number of methoxy groups -OCH3 is 2. The predicted molar refractivity (Wildman–Crippen MR) is 132 cm³/mol. The highest BCUT2D eigenvalue weighted by Crippen LogP contribution is 2.38. The molecule has 0 saturated heterocycles. The van der Waals surface area contributed by atoms with Gasteiger partial charge in [-0.15, -0.1) is 16.4 Å². The van der Waals surface area contributed by atoms with Crippen molar-refractivity contribution in [3.05, 3.63) is 82.9 Å². The van der Waals surface area contributed by atoms with Gasteiger partial charge in [0.05, 0.1) is 30.4 Å². The molecule has 0 saturated carbocycles. The highest BCUT2D eigenvalue weighted by atomic mass is 32.1. The Bertz CT molecular complexity index is 1360. The van der Waals surface area contributed by atoms with E-state index in [-0.39, 0.29) is 5.91 Å². The molecule has 0 bridgehead atoms. The number of rotatable bonds is 6. The van der Waals surface area contributed by atoms with Crippen LogP contribution in [0, 0.1) is 0 Å². The molecule has 1 aliphatic heterocycles. The van der Waals surface area contributed by atoms with E-state index in [0.29, 0.717) is 34.5 Å². The van der Waals surface area contributed by atoms with E-state index in [1.54, 1.807) is 42.4 Å². The number of thiophene rings is 1. The third-order valence-corrected chi connectivity index (χ3v) is 6.49. The van der Waals surface area contributed by atoms with Crippen LogP contribution < -0.4 is 20.1 Å². The lowest BCUT2D eigenvalue weighted by Gasteiger charge is -2.29. The molecule has 2 aromatic carbocycles. The van der Waals surface area contributed by atoms with Gasteiger partial charge < -0.3 is 20.1 Å². The first kappa shape index (κ1) is 21.7. The van der Waals surface area contributed by atoms with Crippen molar-refractivity contribution < 1.29 is 14.3 Å². The summed E-state index contributed by atoms with van der Waals surface area (Å²) in [4.78, 5) is 19.3. The van der Waals surface area contributed by atoms with E-state index in [9.17, 15) is 4.79 Å². The Kier molecular flexibility index (Phi) is 5.77. The molecule has 1 amide bonds. The van der Waals surface area contributed by atoms with Crippen LogP contribution in [0.5, 0.6) is 11.5 Å². The van der Waals surface area contributed by atoms with Crippen LogP contribution >= 0.6 is 11.3 Å². The third kappa shape index (κ3) is 3.90. The van der Waals surface area contributed by atoms with E-state index >= 15 is 0 Å². The van der Waals surface area contributed by atoms with Crippen molar-refractivity contribution in [2.75, 3.05) is 24.9 Å². The summed E-state index contributed by atoms with van der Waals surface area (Å²) in [7, 11) is 3.20. The van der Waals surface area contributed by atoms with Crippen LogP contribution in [-0.4, -0.2) is 34.9 Å². The molecule has 8 nitrogen and oxygen atoms in total. The molecule has 3 heterocycles. The van der Waals surface area contributed by atoms with Crippen LogP contribution in [0.2, 0.25) is 0 Å². The first-order chi connectivity index (χ1) is 16.6. The molecular formula is C25H23N5O3S. The molecule has 0 unspecified atom stereocenters. The number of nitrogens with zero attached hydrogens (tertiary/aromatic N) is 3. The van der Waals surface area contributed by atoms with Gasteiger partial charge in [-0.1, -0.05) is 30.3 Å². The van der Waals surface area contributed by atoms with E-state index in [2.05, 4.69) is 10.6 Å². The number of hydrogen-bond donors (Lipinski definition) is 2. The van der Waals surface area contributed by atoms with E-state index in [1.807, 2.05) is 60.8 Å². The fourth-order valence-corrected chi connectivity index (χ4v) is 4.64. The van der Waals surface area contributed by atoms with Gasteiger partial charge in [-0.2, -0.15) is 4.98 Å². The van der Waals surface area contributed by atoms with Crippen LogP contribution in [0.4, 0.5) is 11.6 Å². The van der Waals surface area contributed by atoms with Crippen molar-refractivity contribution in [2.45, 2.75) is 13.0 Å². The molecule has 34 heavy (non-hydrogen) atoms. The Balaban J connectivity index is 1.59. The fourth-order valence-electron chi connectivity index (χ4n) is 3.99. The standard InChI is InChI=1S/C25H23N5O3S/c1-15-21(24(31)27-18-7-4-5-8-19(18)33-3)22(16-10-12-17(32-2)13-11-16)30-25(26-15)28-23(29-30)20-9-6-14-34-20/h4-14,22H,1-3H3,(H,27,31)(H,26,28,29)/t22-/m0/s1. The number of amides is 1. The van der Waals surface area contributed by atoms with Gasteiger partial charge in [-0.25, -0.2) is 4.68 Å². The molecular weight excluding hydrogens is 450 g/mol. The molecule has 0 fully saturated rings. The number of carbonyl (C=O) groups is 1. The van der Waals surface area contributed by atoms with Gasteiger partial charge in [0.1, 0.15) is 17.5 Å². The average Bonchev–Trinajstić information content (AvgIpc) is 3.53. The van der Waals surface area contributed by atoms with Gasteiger partial charge in [0, 0.05) is 5.70 Å². The van der Waals surface area contributed by atoms with E-state index in [4.69, 9.17) is 19.6 Å². The van der Waals surface area contributed by atoms with Gasteiger partial charge in [0.2, 0.25) is 5.95 Å². The molecule has 1 atom stereocenters. The van der Waals surface area contributed by atoms with E-state index in [0.717, 1.165) is 16.2 Å². The number of allylic oxidation sites excluding steroid dienone is 1. The molecule has 2 N–H and O–H groups in total. The van der Waals surface area contributed by atoms with Crippen LogP contribution in [0.15, 0.2) is 77.3 Å². The molecule has 0 radical (unpaired) electrons. The Morgan fingerprint density at radius 3 is 2.56 bits per heavy atom. The fraction of sp³-hybridized carbons (Fsp3) is 0.160. The normalized spacial score (nSPS) is 14.9. The third-order valence-electron chi connectivity index (χ3n) is 5.63. The van der Waals surface area contributed by atoms with Crippen molar-refractivity contribution in [3.8, 4) is 22.2 Å². The summed E-state index contributed by atoms with van der Waals surface area (Å²) >= 11 is 1.57. The van der Waals surface area contributed by atoms with Crippen molar-refractivity contribution in [2.24, 2.45) is 0 Å². The number of hydrogen-bond acceptors (Lipinski definition) is 7. The summed E-state index contributed by atoms with van der Waals surface area (Å²) in [6, 6.07) is 18.4. The second kappa shape index (κ2) is 9.03. The van der Waals surface area contributed by atoms with E-state index < -0.39 is 6.04 Å². The molecule has 0 aliphatic carbocycles. The van der Waals surface area contributed by atoms with Crippen LogP contribution in [0.1, 0.15) is 18.5 Å². The Labute approximate surface area is 200 Å². The molecule has 5 rings (SSSR count). The van der Waals surface area contributed by atoms with Gasteiger partial charge in [-0.3, -0.25) is 4.79 Å². The molecule has 172 valence electrons. The molecule has 1 aliphatic rings.